The molecule has 0 saturated heterocycles. The first-order chi connectivity index (χ1) is 11.2. The molecule has 0 heterocycles. The Bertz CT molecular complexity index is 584. The maximum Gasteiger partial charge on any atom is 0.221 e. The molecule has 1 N–H and O–H groups in total. The van der Waals surface area contributed by atoms with Gasteiger partial charge in [-0.25, -0.2) is 0 Å². The van der Waals surface area contributed by atoms with Crippen LogP contribution in [0.3, 0.4) is 0 Å². The van der Waals surface area contributed by atoms with E-state index in [0.29, 0.717) is 26.4 Å². The number of hydrogen-bond acceptors (Lipinski definition) is 4. The molecular formula is C18H21NO4. The number of anilines is 1. The molecule has 23 heavy (non-hydrogen) atoms. The third-order valence-corrected chi connectivity index (χ3v) is 2.91. The molecule has 0 spiro atoms. The van der Waals surface area contributed by atoms with Crippen molar-refractivity contribution in [1.29, 1.82) is 0 Å². The molecule has 5 heteroatoms. The van der Waals surface area contributed by atoms with E-state index in [1.54, 1.807) is 12.1 Å². The molecule has 0 radical (unpaired) electrons. The predicted octanol–water partition coefficient (Wildman–Crippen LogP) is 3.12. The second-order valence-corrected chi connectivity index (χ2v) is 4.83. The van der Waals surface area contributed by atoms with Crippen LogP contribution in [0.25, 0.3) is 0 Å². The van der Waals surface area contributed by atoms with Crippen LogP contribution in [0.15, 0.2) is 54.6 Å². The van der Waals surface area contributed by atoms with E-state index in [2.05, 4.69) is 5.32 Å². The van der Waals surface area contributed by atoms with Crippen molar-refractivity contribution in [3.63, 3.8) is 0 Å². The molecule has 0 aromatic heterocycles. The van der Waals surface area contributed by atoms with Gasteiger partial charge in [0.05, 0.1) is 13.2 Å². The van der Waals surface area contributed by atoms with Gasteiger partial charge >= 0.3 is 0 Å². The van der Waals surface area contributed by atoms with Gasteiger partial charge in [0.2, 0.25) is 5.91 Å². The van der Waals surface area contributed by atoms with Gasteiger partial charge in [-0.3, -0.25) is 4.79 Å². The molecule has 5 nitrogen and oxygen atoms in total. The van der Waals surface area contributed by atoms with Gasteiger partial charge in [-0.1, -0.05) is 18.2 Å². The molecular weight excluding hydrogens is 294 g/mol. The van der Waals surface area contributed by atoms with Crippen LogP contribution in [-0.4, -0.2) is 32.3 Å². The summed E-state index contributed by atoms with van der Waals surface area (Å²) in [5.74, 6) is 1.49. The van der Waals surface area contributed by atoms with Crippen molar-refractivity contribution in [3.8, 4) is 11.5 Å². The molecule has 2 rings (SSSR count). The molecule has 0 atom stereocenters. The molecule has 0 aliphatic carbocycles. The Morgan fingerprint density at radius 2 is 1.39 bits per heavy atom. The van der Waals surface area contributed by atoms with Gasteiger partial charge in [-0.2, -0.15) is 0 Å². The highest BCUT2D eigenvalue weighted by atomic mass is 16.5. The minimum absolute atomic E-state index is 0.0928. The van der Waals surface area contributed by atoms with Gasteiger partial charge in [0, 0.05) is 12.6 Å². The second kappa shape index (κ2) is 9.48. The average molecular weight is 315 g/mol. The largest absolute Gasteiger partial charge is 0.491 e. The standard InChI is InChI=1S/C18H21NO4/c1-15(20)19-16-7-9-18(10-8-16)23-14-12-21-11-13-22-17-5-3-2-4-6-17/h2-10H,11-14H2,1H3,(H,19,20). The first-order valence-corrected chi connectivity index (χ1v) is 7.50. The summed E-state index contributed by atoms with van der Waals surface area (Å²) in [6.07, 6.45) is 0. The van der Waals surface area contributed by atoms with E-state index in [1.807, 2.05) is 42.5 Å². The molecule has 2 aromatic carbocycles. The van der Waals surface area contributed by atoms with Crippen molar-refractivity contribution in [2.45, 2.75) is 6.92 Å². The Kier molecular flexibility index (Phi) is 6.94. The lowest BCUT2D eigenvalue weighted by atomic mass is 10.3. The highest BCUT2D eigenvalue weighted by Crippen LogP contribution is 2.15. The number of carbonyl (C=O) groups is 1. The van der Waals surface area contributed by atoms with Crippen molar-refractivity contribution < 1.29 is 19.0 Å². The fourth-order valence-corrected chi connectivity index (χ4v) is 1.89. The van der Waals surface area contributed by atoms with Gasteiger partial charge in [-0.15, -0.1) is 0 Å². The lowest BCUT2D eigenvalue weighted by Gasteiger charge is -2.09. The highest BCUT2D eigenvalue weighted by molar-refractivity contribution is 5.88. The molecule has 2 aromatic rings. The zero-order valence-corrected chi connectivity index (χ0v) is 13.2. The highest BCUT2D eigenvalue weighted by Gasteiger charge is 1.98. The molecule has 122 valence electrons. The van der Waals surface area contributed by atoms with Crippen LogP contribution in [0, 0.1) is 0 Å². The van der Waals surface area contributed by atoms with Crippen LogP contribution >= 0.6 is 0 Å². The van der Waals surface area contributed by atoms with Gasteiger partial charge < -0.3 is 19.5 Å². The van der Waals surface area contributed by atoms with Crippen LogP contribution < -0.4 is 14.8 Å². The summed E-state index contributed by atoms with van der Waals surface area (Å²) in [5.41, 5.74) is 0.749. The third-order valence-electron chi connectivity index (χ3n) is 2.91. The average Bonchev–Trinajstić information content (AvgIpc) is 2.56. The summed E-state index contributed by atoms with van der Waals surface area (Å²) < 4.78 is 16.5. The van der Waals surface area contributed by atoms with Gasteiger partial charge in [0.1, 0.15) is 24.7 Å². The maximum atomic E-state index is 10.9. The number of carbonyl (C=O) groups excluding carboxylic acids is 1. The minimum atomic E-state index is -0.0928. The molecule has 1 amide bonds. The van der Waals surface area contributed by atoms with Crippen molar-refractivity contribution in [2.24, 2.45) is 0 Å². The topological polar surface area (TPSA) is 56.8 Å². The van der Waals surface area contributed by atoms with E-state index >= 15 is 0 Å². The van der Waals surface area contributed by atoms with Gasteiger partial charge in [-0.05, 0) is 36.4 Å². The summed E-state index contributed by atoms with van der Waals surface area (Å²) in [6, 6.07) is 16.8. The van der Waals surface area contributed by atoms with Crippen LogP contribution in [-0.2, 0) is 9.53 Å². The first-order valence-electron chi connectivity index (χ1n) is 7.50. The number of benzene rings is 2. The Balaban J connectivity index is 1.54. The summed E-state index contributed by atoms with van der Waals surface area (Å²) in [6.45, 7) is 3.45. The molecule has 0 aliphatic rings. The quantitative estimate of drug-likeness (QED) is 0.722. The molecule has 0 unspecified atom stereocenters. The van der Waals surface area contributed by atoms with Crippen LogP contribution in [0.2, 0.25) is 0 Å². The Morgan fingerprint density at radius 1 is 0.826 bits per heavy atom. The lowest BCUT2D eigenvalue weighted by molar-refractivity contribution is -0.114. The molecule has 0 bridgehead atoms. The number of amides is 1. The first kappa shape index (κ1) is 16.8. The van der Waals surface area contributed by atoms with E-state index in [9.17, 15) is 4.79 Å². The minimum Gasteiger partial charge on any atom is -0.491 e. The van der Waals surface area contributed by atoms with Crippen molar-refractivity contribution in [2.75, 3.05) is 31.7 Å². The Hall–Kier alpha value is -2.53. The molecule has 0 fully saturated rings. The monoisotopic (exact) mass is 315 g/mol. The van der Waals surface area contributed by atoms with E-state index in [-0.39, 0.29) is 5.91 Å². The zero-order valence-electron chi connectivity index (χ0n) is 13.2. The molecule has 0 saturated carbocycles. The van der Waals surface area contributed by atoms with E-state index < -0.39 is 0 Å². The number of hydrogen-bond donors (Lipinski definition) is 1. The SMILES string of the molecule is CC(=O)Nc1ccc(OCCOCCOc2ccccc2)cc1. The van der Waals surface area contributed by atoms with Gasteiger partial charge in [0.25, 0.3) is 0 Å². The number of ether oxygens (including phenoxy) is 3. The fraction of sp³-hybridized carbons (Fsp3) is 0.278. The Labute approximate surface area is 136 Å². The summed E-state index contributed by atoms with van der Waals surface area (Å²) in [7, 11) is 0. The summed E-state index contributed by atoms with van der Waals surface area (Å²) in [5, 5.41) is 2.70. The predicted molar refractivity (Wildman–Crippen MR) is 89.0 cm³/mol. The second-order valence-electron chi connectivity index (χ2n) is 4.83. The lowest BCUT2D eigenvalue weighted by Crippen LogP contribution is -2.12. The summed E-state index contributed by atoms with van der Waals surface area (Å²) >= 11 is 0. The van der Waals surface area contributed by atoms with Gasteiger partial charge in [0.15, 0.2) is 0 Å². The van der Waals surface area contributed by atoms with E-state index in [0.717, 1.165) is 17.2 Å². The number of rotatable bonds is 9. The van der Waals surface area contributed by atoms with E-state index in [4.69, 9.17) is 14.2 Å². The van der Waals surface area contributed by atoms with Crippen LogP contribution in [0.5, 0.6) is 11.5 Å². The zero-order chi connectivity index (χ0) is 16.3. The van der Waals surface area contributed by atoms with Crippen molar-refractivity contribution in [1.82, 2.24) is 0 Å². The maximum absolute atomic E-state index is 10.9. The summed E-state index contributed by atoms with van der Waals surface area (Å²) in [4.78, 5) is 10.9. The Morgan fingerprint density at radius 3 is 1.96 bits per heavy atom. The van der Waals surface area contributed by atoms with Crippen LogP contribution in [0.1, 0.15) is 6.92 Å². The third kappa shape index (κ3) is 6.84. The number of nitrogens with one attached hydrogen (secondary N) is 1. The number of para-hydroxylation sites is 1. The van der Waals surface area contributed by atoms with Crippen molar-refractivity contribution in [3.05, 3.63) is 54.6 Å². The van der Waals surface area contributed by atoms with E-state index in [1.165, 1.54) is 6.92 Å². The smallest absolute Gasteiger partial charge is 0.221 e. The molecule has 0 aliphatic heterocycles. The van der Waals surface area contributed by atoms with Crippen molar-refractivity contribution >= 4 is 11.6 Å². The fourth-order valence-electron chi connectivity index (χ4n) is 1.89. The normalized spacial score (nSPS) is 10.1. The van der Waals surface area contributed by atoms with Crippen LogP contribution in [0.4, 0.5) is 5.69 Å².